The van der Waals surface area contributed by atoms with Crippen LogP contribution in [0.5, 0.6) is 0 Å². The first kappa shape index (κ1) is 18.0. The number of rotatable bonds is 3. The minimum atomic E-state index is -4.32. The van der Waals surface area contributed by atoms with Gasteiger partial charge in [-0.05, 0) is 68.1 Å². The Hall–Kier alpha value is -2.38. The van der Waals surface area contributed by atoms with Gasteiger partial charge in [0.1, 0.15) is 0 Å². The summed E-state index contributed by atoms with van der Waals surface area (Å²) in [6.07, 6.45) is 0. The summed E-state index contributed by atoms with van der Waals surface area (Å²) in [5, 5.41) is 5.36. The van der Waals surface area contributed by atoms with E-state index in [1.54, 1.807) is 0 Å². The van der Waals surface area contributed by atoms with Crippen molar-refractivity contribution in [3.8, 4) is 0 Å². The molecule has 0 fully saturated rings. The molecule has 0 saturated carbocycles. The standard InChI is InChI=1S/C17H20N2O4S/c1-10-8-11(2)16(13(4)12(10)3)19-17(20)18-14-6-5-7-15(9-14)24(21,22)23/h5-9H,1-4H3,(H2,18,19,20)(H,21,22,23). The van der Waals surface area contributed by atoms with Gasteiger partial charge in [-0.1, -0.05) is 12.1 Å². The summed E-state index contributed by atoms with van der Waals surface area (Å²) in [4.78, 5) is 11.9. The van der Waals surface area contributed by atoms with Gasteiger partial charge in [-0.3, -0.25) is 4.55 Å². The smallest absolute Gasteiger partial charge is 0.308 e. The van der Waals surface area contributed by atoms with Crippen LogP contribution in [0.25, 0.3) is 0 Å². The predicted molar refractivity (Wildman–Crippen MR) is 94.3 cm³/mol. The van der Waals surface area contributed by atoms with Crippen molar-refractivity contribution in [2.45, 2.75) is 32.6 Å². The van der Waals surface area contributed by atoms with Gasteiger partial charge in [0.15, 0.2) is 0 Å². The molecule has 24 heavy (non-hydrogen) atoms. The summed E-state index contributed by atoms with van der Waals surface area (Å²) in [6, 6.07) is 6.92. The van der Waals surface area contributed by atoms with Crippen LogP contribution in [0, 0.1) is 27.7 Å². The zero-order chi connectivity index (χ0) is 18.1. The predicted octanol–water partition coefficient (Wildman–Crippen LogP) is 3.81. The number of anilines is 2. The monoisotopic (exact) mass is 348 g/mol. The highest BCUT2D eigenvalue weighted by molar-refractivity contribution is 7.85. The molecule has 0 radical (unpaired) electrons. The number of amides is 2. The second-order valence-corrected chi connectivity index (χ2v) is 7.14. The molecule has 6 nitrogen and oxygen atoms in total. The van der Waals surface area contributed by atoms with E-state index in [0.717, 1.165) is 27.9 Å². The lowest BCUT2D eigenvalue weighted by Crippen LogP contribution is -2.21. The average molecular weight is 348 g/mol. The molecule has 0 atom stereocenters. The fourth-order valence-corrected chi connectivity index (χ4v) is 3.01. The van der Waals surface area contributed by atoms with Crippen LogP contribution in [0.15, 0.2) is 35.2 Å². The first-order valence-corrected chi connectivity index (χ1v) is 8.76. The molecule has 0 unspecified atom stereocenters. The van der Waals surface area contributed by atoms with Crippen LogP contribution < -0.4 is 10.6 Å². The zero-order valence-corrected chi connectivity index (χ0v) is 14.8. The molecule has 0 aliphatic rings. The molecule has 0 aliphatic carbocycles. The van der Waals surface area contributed by atoms with Crippen molar-refractivity contribution in [2.75, 3.05) is 10.6 Å². The van der Waals surface area contributed by atoms with Gasteiger partial charge in [-0.15, -0.1) is 0 Å². The number of hydrogen-bond donors (Lipinski definition) is 3. The van der Waals surface area contributed by atoms with Gasteiger partial charge in [0.05, 0.1) is 4.90 Å². The number of aryl methyl sites for hydroxylation is 2. The zero-order valence-electron chi connectivity index (χ0n) is 14.0. The first-order chi connectivity index (χ1) is 11.1. The van der Waals surface area contributed by atoms with E-state index in [1.807, 2.05) is 33.8 Å². The van der Waals surface area contributed by atoms with E-state index in [-0.39, 0.29) is 10.6 Å². The van der Waals surface area contributed by atoms with Gasteiger partial charge in [0.25, 0.3) is 10.1 Å². The third-order valence-electron chi connectivity index (χ3n) is 3.98. The Labute approximate surface area is 141 Å². The molecule has 2 rings (SSSR count). The van der Waals surface area contributed by atoms with E-state index in [4.69, 9.17) is 4.55 Å². The van der Waals surface area contributed by atoms with E-state index < -0.39 is 16.1 Å². The summed E-state index contributed by atoms with van der Waals surface area (Å²) in [7, 11) is -4.32. The number of carbonyl (C=O) groups is 1. The molecule has 0 aliphatic heterocycles. The molecule has 2 aromatic carbocycles. The fourth-order valence-electron chi connectivity index (χ4n) is 2.49. The normalized spacial score (nSPS) is 11.2. The van der Waals surface area contributed by atoms with Crippen molar-refractivity contribution >= 4 is 27.5 Å². The summed E-state index contributed by atoms with van der Waals surface area (Å²) in [5.74, 6) is 0. The summed E-state index contributed by atoms with van der Waals surface area (Å²) >= 11 is 0. The van der Waals surface area contributed by atoms with Gasteiger partial charge < -0.3 is 10.6 Å². The summed E-state index contributed by atoms with van der Waals surface area (Å²) < 4.78 is 31.4. The van der Waals surface area contributed by atoms with Gasteiger partial charge in [-0.25, -0.2) is 4.79 Å². The third-order valence-corrected chi connectivity index (χ3v) is 4.83. The van der Waals surface area contributed by atoms with E-state index in [9.17, 15) is 13.2 Å². The molecular weight excluding hydrogens is 328 g/mol. The van der Waals surface area contributed by atoms with Crippen LogP contribution in [-0.4, -0.2) is 19.0 Å². The minimum absolute atomic E-state index is 0.266. The van der Waals surface area contributed by atoms with E-state index in [2.05, 4.69) is 10.6 Å². The lowest BCUT2D eigenvalue weighted by atomic mass is 9.98. The number of nitrogens with one attached hydrogen (secondary N) is 2. The molecule has 0 bridgehead atoms. The van der Waals surface area contributed by atoms with Crippen LogP contribution in [0.3, 0.4) is 0 Å². The van der Waals surface area contributed by atoms with Gasteiger partial charge >= 0.3 is 6.03 Å². The molecule has 2 amide bonds. The van der Waals surface area contributed by atoms with Crippen LogP contribution in [0.4, 0.5) is 16.2 Å². The van der Waals surface area contributed by atoms with Crippen molar-refractivity contribution in [1.82, 2.24) is 0 Å². The highest BCUT2D eigenvalue weighted by atomic mass is 32.2. The van der Waals surface area contributed by atoms with Crippen molar-refractivity contribution in [3.63, 3.8) is 0 Å². The number of carbonyl (C=O) groups excluding carboxylic acids is 1. The Morgan fingerprint density at radius 1 is 0.958 bits per heavy atom. The van der Waals surface area contributed by atoms with Crippen LogP contribution in [0.2, 0.25) is 0 Å². The number of urea groups is 1. The summed E-state index contributed by atoms with van der Waals surface area (Å²) in [6.45, 7) is 7.85. The highest BCUT2D eigenvalue weighted by Crippen LogP contribution is 2.26. The molecule has 7 heteroatoms. The van der Waals surface area contributed by atoms with E-state index in [0.29, 0.717) is 0 Å². The minimum Gasteiger partial charge on any atom is -0.308 e. The quantitative estimate of drug-likeness (QED) is 0.735. The van der Waals surface area contributed by atoms with Crippen LogP contribution >= 0.6 is 0 Å². The molecule has 0 saturated heterocycles. The Kier molecular flexibility index (Phi) is 4.96. The lowest BCUT2D eigenvalue weighted by Gasteiger charge is -2.16. The molecule has 0 spiro atoms. The Morgan fingerprint density at radius 2 is 1.62 bits per heavy atom. The maximum absolute atomic E-state index is 12.2. The number of hydrogen-bond acceptors (Lipinski definition) is 3. The largest absolute Gasteiger partial charge is 0.323 e. The molecule has 3 N–H and O–H groups in total. The van der Waals surface area contributed by atoms with E-state index in [1.165, 1.54) is 24.3 Å². The van der Waals surface area contributed by atoms with Crippen molar-refractivity contribution in [3.05, 3.63) is 52.6 Å². The SMILES string of the molecule is Cc1cc(C)c(NC(=O)Nc2cccc(S(=O)(=O)O)c2)c(C)c1C. The molecule has 128 valence electrons. The third kappa shape index (κ3) is 3.93. The first-order valence-electron chi connectivity index (χ1n) is 7.32. The summed E-state index contributed by atoms with van der Waals surface area (Å²) in [5.41, 5.74) is 5.16. The van der Waals surface area contributed by atoms with Gasteiger partial charge in [0.2, 0.25) is 0 Å². The van der Waals surface area contributed by atoms with Gasteiger partial charge in [0, 0.05) is 11.4 Å². The van der Waals surface area contributed by atoms with Crippen molar-refractivity contribution in [1.29, 1.82) is 0 Å². The second-order valence-electron chi connectivity index (χ2n) is 5.72. The highest BCUT2D eigenvalue weighted by Gasteiger charge is 2.13. The Morgan fingerprint density at radius 3 is 2.25 bits per heavy atom. The second kappa shape index (κ2) is 6.62. The Bertz CT molecular complexity index is 905. The topological polar surface area (TPSA) is 95.5 Å². The van der Waals surface area contributed by atoms with Gasteiger partial charge in [-0.2, -0.15) is 8.42 Å². The molecule has 0 aromatic heterocycles. The fraction of sp³-hybridized carbons (Fsp3) is 0.235. The lowest BCUT2D eigenvalue weighted by molar-refractivity contribution is 0.262. The van der Waals surface area contributed by atoms with Crippen LogP contribution in [0.1, 0.15) is 22.3 Å². The maximum atomic E-state index is 12.2. The van der Waals surface area contributed by atoms with Crippen molar-refractivity contribution in [2.24, 2.45) is 0 Å². The van der Waals surface area contributed by atoms with E-state index >= 15 is 0 Å². The van der Waals surface area contributed by atoms with Crippen molar-refractivity contribution < 1.29 is 17.8 Å². The molecule has 0 heterocycles. The Balaban J connectivity index is 2.23. The number of benzene rings is 2. The van der Waals surface area contributed by atoms with Crippen LogP contribution in [-0.2, 0) is 10.1 Å². The average Bonchev–Trinajstić information content (AvgIpc) is 2.49. The molecular formula is C17H20N2O4S. The maximum Gasteiger partial charge on any atom is 0.323 e. The molecule has 2 aromatic rings.